The van der Waals surface area contributed by atoms with Gasteiger partial charge < -0.3 is 20.7 Å². The van der Waals surface area contributed by atoms with Crippen molar-refractivity contribution in [3.63, 3.8) is 0 Å². The molecule has 30 heavy (non-hydrogen) atoms. The summed E-state index contributed by atoms with van der Waals surface area (Å²) in [7, 11) is 1.54. The third-order valence-electron chi connectivity index (χ3n) is 4.18. The van der Waals surface area contributed by atoms with E-state index >= 15 is 0 Å². The van der Waals surface area contributed by atoms with Crippen LogP contribution in [-0.4, -0.2) is 46.0 Å². The summed E-state index contributed by atoms with van der Waals surface area (Å²) >= 11 is 6.06. The molecule has 158 valence electrons. The molecule has 3 N–H and O–H groups in total. The molecule has 2 amide bonds. The zero-order valence-corrected chi connectivity index (χ0v) is 18.0. The molecule has 0 radical (unpaired) electrons. The molecule has 10 heteroatoms. The molecule has 3 aromatic rings. The van der Waals surface area contributed by atoms with Crippen LogP contribution in [0.4, 0.5) is 16.3 Å². The average Bonchev–Trinajstić information content (AvgIpc) is 3.03. The summed E-state index contributed by atoms with van der Waals surface area (Å²) in [6.07, 6.45) is 0. The maximum atomic E-state index is 12.1. The maximum Gasteiger partial charge on any atom is 0.319 e. The van der Waals surface area contributed by atoms with E-state index in [4.69, 9.17) is 16.3 Å². The number of nitrogens with zero attached hydrogens (tertiary/aromatic N) is 4. The van der Waals surface area contributed by atoms with Gasteiger partial charge in [-0.05, 0) is 45.0 Å². The Labute approximate surface area is 179 Å². The van der Waals surface area contributed by atoms with Crippen LogP contribution in [-0.2, 0) is 0 Å². The van der Waals surface area contributed by atoms with Gasteiger partial charge in [0.1, 0.15) is 17.4 Å². The molecule has 9 nitrogen and oxygen atoms in total. The number of benzene rings is 1. The highest BCUT2D eigenvalue weighted by Crippen LogP contribution is 2.27. The molecular weight excluding hydrogens is 406 g/mol. The van der Waals surface area contributed by atoms with Gasteiger partial charge >= 0.3 is 6.03 Å². The fourth-order valence-corrected chi connectivity index (χ4v) is 3.16. The first-order valence-electron chi connectivity index (χ1n) is 9.37. The average molecular weight is 430 g/mol. The number of amides is 2. The van der Waals surface area contributed by atoms with Crippen molar-refractivity contribution in [2.75, 3.05) is 30.8 Å². The van der Waals surface area contributed by atoms with Crippen molar-refractivity contribution in [1.82, 2.24) is 25.1 Å². The van der Waals surface area contributed by atoms with Gasteiger partial charge in [0, 0.05) is 30.5 Å². The molecule has 1 aromatic carbocycles. The van der Waals surface area contributed by atoms with E-state index in [2.05, 4.69) is 31.0 Å². The monoisotopic (exact) mass is 429 g/mol. The lowest BCUT2D eigenvalue weighted by atomic mass is 10.3. The third kappa shape index (κ3) is 5.38. The van der Waals surface area contributed by atoms with Crippen molar-refractivity contribution in [2.45, 2.75) is 20.8 Å². The van der Waals surface area contributed by atoms with E-state index in [0.717, 1.165) is 11.4 Å². The fourth-order valence-electron chi connectivity index (χ4n) is 2.90. The van der Waals surface area contributed by atoms with Crippen molar-refractivity contribution in [1.29, 1.82) is 0 Å². The highest BCUT2D eigenvalue weighted by Gasteiger charge is 2.09. The summed E-state index contributed by atoms with van der Waals surface area (Å²) in [6.45, 7) is 6.63. The molecule has 0 aliphatic heterocycles. The predicted molar refractivity (Wildman–Crippen MR) is 117 cm³/mol. The Bertz CT molecular complexity index is 1050. The van der Waals surface area contributed by atoms with Crippen LogP contribution < -0.4 is 20.7 Å². The van der Waals surface area contributed by atoms with Crippen molar-refractivity contribution in [3.8, 4) is 11.6 Å². The summed E-state index contributed by atoms with van der Waals surface area (Å²) < 4.78 is 6.87. The zero-order chi connectivity index (χ0) is 21.7. The topological polar surface area (TPSA) is 106 Å². The molecule has 0 saturated carbocycles. The molecular formula is C20H24ClN7O2. The normalized spacial score (nSPS) is 10.6. The lowest BCUT2D eigenvalue weighted by Gasteiger charge is -2.11. The summed E-state index contributed by atoms with van der Waals surface area (Å²) in [6, 6.07) is 8.52. The van der Waals surface area contributed by atoms with Gasteiger partial charge in [-0.25, -0.2) is 19.4 Å². The second kappa shape index (κ2) is 9.45. The van der Waals surface area contributed by atoms with Crippen molar-refractivity contribution >= 4 is 29.1 Å². The third-order valence-corrected chi connectivity index (χ3v) is 4.47. The Balaban J connectivity index is 1.52. The molecule has 0 aliphatic rings. The van der Waals surface area contributed by atoms with Gasteiger partial charge in [0.15, 0.2) is 5.82 Å². The highest BCUT2D eigenvalue weighted by atomic mass is 35.5. The number of nitrogens with one attached hydrogen (secondary N) is 3. The molecule has 3 rings (SSSR count). The standard InChI is InChI=1S/C20H24ClN7O2/c1-12-9-13(2)28(27-12)19-11-18(24-14(3)25-19)22-7-8-23-20(29)26-15-5-6-17(30-4)16(21)10-15/h5-6,9-11H,7-8H2,1-4H3,(H,22,24,25)(H2,23,26,29). The van der Waals surface area contributed by atoms with E-state index in [9.17, 15) is 4.79 Å². The molecule has 0 spiro atoms. The largest absolute Gasteiger partial charge is 0.495 e. The van der Waals surface area contributed by atoms with Gasteiger partial charge in [-0.3, -0.25) is 0 Å². The van der Waals surface area contributed by atoms with Crippen LogP contribution in [0.3, 0.4) is 0 Å². The Hall–Kier alpha value is -3.33. The SMILES string of the molecule is COc1ccc(NC(=O)NCCNc2cc(-n3nc(C)cc3C)nc(C)n2)cc1Cl. The van der Waals surface area contributed by atoms with Crippen molar-refractivity contribution in [2.24, 2.45) is 0 Å². The summed E-state index contributed by atoms with van der Waals surface area (Å²) in [5, 5.41) is 13.6. The van der Waals surface area contributed by atoms with E-state index in [1.54, 1.807) is 22.9 Å². The smallest absolute Gasteiger partial charge is 0.319 e. The summed E-state index contributed by atoms with van der Waals surface area (Å²) in [5.74, 6) is 2.53. The number of hydrogen-bond donors (Lipinski definition) is 3. The van der Waals surface area contributed by atoms with E-state index in [1.807, 2.05) is 32.9 Å². The van der Waals surface area contributed by atoms with Crippen molar-refractivity contribution < 1.29 is 9.53 Å². The Morgan fingerprint density at radius 2 is 1.93 bits per heavy atom. The number of carbonyl (C=O) groups is 1. The number of aryl methyl sites for hydroxylation is 3. The van der Waals surface area contributed by atoms with E-state index in [1.165, 1.54) is 7.11 Å². The Morgan fingerprint density at radius 1 is 1.13 bits per heavy atom. The fraction of sp³-hybridized carbons (Fsp3) is 0.300. The van der Waals surface area contributed by atoms with Gasteiger partial charge in [-0.1, -0.05) is 11.6 Å². The number of carbonyl (C=O) groups excluding carboxylic acids is 1. The number of methoxy groups -OCH3 is 1. The Morgan fingerprint density at radius 3 is 2.60 bits per heavy atom. The first kappa shape index (κ1) is 21.4. The van der Waals surface area contributed by atoms with E-state index in [-0.39, 0.29) is 6.03 Å². The van der Waals surface area contributed by atoms with Gasteiger partial charge in [0.25, 0.3) is 0 Å². The number of aromatic nitrogens is 4. The van der Waals surface area contributed by atoms with Crippen LogP contribution in [0.15, 0.2) is 30.3 Å². The summed E-state index contributed by atoms with van der Waals surface area (Å²) in [4.78, 5) is 20.9. The minimum atomic E-state index is -0.333. The first-order chi connectivity index (χ1) is 14.4. The second-order valence-electron chi connectivity index (χ2n) is 6.65. The van der Waals surface area contributed by atoms with Gasteiger partial charge in [-0.15, -0.1) is 0 Å². The lowest BCUT2D eigenvalue weighted by Crippen LogP contribution is -2.32. The van der Waals surface area contributed by atoms with E-state index in [0.29, 0.717) is 47.0 Å². The minimum Gasteiger partial charge on any atom is -0.495 e. The van der Waals surface area contributed by atoms with Crippen LogP contribution in [0.2, 0.25) is 5.02 Å². The molecule has 0 fully saturated rings. The van der Waals surface area contributed by atoms with E-state index < -0.39 is 0 Å². The van der Waals surface area contributed by atoms with Crippen LogP contribution in [0.1, 0.15) is 17.2 Å². The lowest BCUT2D eigenvalue weighted by molar-refractivity contribution is 0.252. The molecule has 0 bridgehead atoms. The first-order valence-corrected chi connectivity index (χ1v) is 9.75. The van der Waals surface area contributed by atoms with Gasteiger partial charge in [-0.2, -0.15) is 5.10 Å². The summed E-state index contributed by atoms with van der Waals surface area (Å²) in [5.41, 5.74) is 2.49. The number of rotatable bonds is 7. The molecule has 2 heterocycles. The minimum absolute atomic E-state index is 0.333. The van der Waals surface area contributed by atoms with Gasteiger partial charge in [0.05, 0.1) is 17.8 Å². The van der Waals surface area contributed by atoms with Crippen LogP contribution >= 0.6 is 11.6 Å². The van der Waals surface area contributed by atoms with Crippen LogP contribution in [0.25, 0.3) is 5.82 Å². The zero-order valence-electron chi connectivity index (χ0n) is 17.3. The molecule has 2 aromatic heterocycles. The molecule has 0 aliphatic carbocycles. The quantitative estimate of drug-likeness (QED) is 0.496. The number of ether oxygens (including phenoxy) is 1. The van der Waals surface area contributed by atoms with Gasteiger partial charge in [0.2, 0.25) is 0 Å². The predicted octanol–water partition coefficient (Wildman–Crippen LogP) is 3.48. The molecule has 0 saturated heterocycles. The number of hydrogen-bond acceptors (Lipinski definition) is 6. The second-order valence-corrected chi connectivity index (χ2v) is 7.06. The van der Waals surface area contributed by atoms with Crippen molar-refractivity contribution in [3.05, 3.63) is 52.6 Å². The molecule has 0 atom stereocenters. The Kier molecular flexibility index (Phi) is 6.73. The number of halogens is 1. The number of anilines is 2. The highest BCUT2D eigenvalue weighted by molar-refractivity contribution is 6.32. The maximum absolute atomic E-state index is 12.1. The number of urea groups is 1. The van der Waals surface area contributed by atoms with Crippen LogP contribution in [0, 0.1) is 20.8 Å². The van der Waals surface area contributed by atoms with Crippen LogP contribution in [0.5, 0.6) is 5.75 Å². The molecule has 0 unspecified atom stereocenters.